The molecule has 0 aliphatic carbocycles. The van der Waals surface area contributed by atoms with Gasteiger partial charge in [-0.3, -0.25) is 0 Å². The molecule has 1 N–H and O–H groups in total. The second-order valence-corrected chi connectivity index (χ2v) is 5.39. The van der Waals surface area contributed by atoms with Gasteiger partial charge in [0.1, 0.15) is 5.75 Å². The fourth-order valence-corrected chi connectivity index (χ4v) is 2.71. The number of para-hydroxylation sites is 1. The Morgan fingerprint density at radius 3 is 2.47 bits per heavy atom. The van der Waals surface area contributed by atoms with Gasteiger partial charge < -0.3 is 10.1 Å². The largest absolute Gasteiger partial charge is 0.496 e. The summed E-state index contributed by atoms with van der Waals surface area (Å²) in [6.07, 6.45) is 1.15. The maximum Gasteiger partial charge on any atom is 0.122 e. The molecule has 0 radical (unpaired) electrons. The summed E-state index contributed by atoms with van der Waals surface area (Å²) in [5.74, 6) is 1.66. The van der Waals surface area contributed by atoms with Gasteiger partial charge in [0.25, 0.3) is 0 Å². The number of benzene rings is 1. The smallest absolute Gasteiger partial charge is 0.122 e. The molecular formula is C15H25NO. The number of ether oxygens (including phenoxy) is 1. The molecule has 0 bridgehead atoms. The summed E-state index contributed by atoms with van der Waals surface area (Å²) in [6, 6.07) is 8.34. The lowest BCUT2D eigenvalue weighted by molar-refractivity contribution is 0.334. The summed E-state index contributed by atoms with van der Waals surface area (Å²) in [4.78, 5) is 0. The molecule has 2 heteroatoms. The third kappa shape index (κ3) is 3.47. The van der Waals surface area contributed by atoms with E-state index in [9.17, 15) is 0 Å². The predicted octanol–water partition coefficient (Wildman–Crippen LogP) is 3.22. The van der Waals surface area contributed by atoms with E-state index in [1.54, 1.807) is 7.11 Å². The Hall–Kier alpha value is -1.02. The van der Waals surface area contributed by atoms with Gasteiger partial charge in [-0.25, -0.2) is 0 Å². The highest BCUT2D eigenvalue weighted by Crippen LogP contribution is 2.36. The topological polar surface area (TPSA) is 21.3 Å². The van der Waals surface area contributed by atoms with Crippen molar-refractivity contribution in [1.29, 1.82) is 0 Å². The highest BCUT2D eigenvalue weighted by Gasteiger charge is 2.29. The molecule has 0 fully saturated rings. The zero-order valence-corrected chi connectivity index (χ0v) is 11.7. The third-order valence-electron chi connectivity index (χ3n) is 3.18. The van der Waals surface area contributed by atoms with Crippen LogP contribution < -0.4 is 10.1 Å². The third-order valence-corrected chi connectivity index (χ3v) is 3.18. The average Bonchev–Trinajstić information content (AvgIpc) is 2.28. The minimum Gasteiger partial charge on any atom is -0.496 e. The molecule has 0 heterocycles. The summed E-state index contributed by atoms with van der Waals surface area (Å²) in [7, 11) is 3.75. The van der Waals surface area contributed by atoms with Crippen LogP contribution in [0.3, 0.4) is 0 Å². The van der Waals surface area contributed by atoms with Crippen LogP contribution in [0, 0.1) is 5.92 Å². The summed E-state index contributed by atoms with van der Waals surface area (Å²) >= 11 is 0. The van der Waals surface area contributed by atoms with Gasteiger partial charge in [0.15, 0.2) is 0 Å². The summed E-state index contributed by atoms with van der Waals surface area (Å²) in [5.41, 5.74) is 1.42. The molecule has 1 rings (SSSR count). The zero-order chi connectivity index (χ0) is 12.9. The van der Waals surface area contributed by atoms with E-state index in [0.29, 0.717) is 5.92 Å². The first kappa shape index (κ1) is 14.0. The minimum atomic E-state index is 0.121. The van der Waals surface area contributed by atoms with Crippen molar-refractivity contribution in [1.82, 2.24) is 5.32 Å². The van der Waals surface area contributed by atoms with E-state index >= 15 is 0 Å². The highest BCUT2D eigenvalue weighted by atomic mass is 16.5. The lowest BCUT2D eigenvalue weighted by Crippen LogP contribution is -2.35. The van der Waals surface area contributed by atoms with Crippen LogP contribution in [0.5, 0.6) is 5.75 Å². The molecule has 96 valence electrons. The molecular weight excluding hydrogens is 210 g/mol. The van der Waals surface area contributed by atoms with E-state index < -0.39 is 0 Å². The Balaban J connectivity index is 3.11. The monoisotopic (exact) mass is 235 g/mol. The van der Waals surface area contributed by atoms with E-state index in [1.165, 1.54) is 5.56 Å². The minimum absolute atomic E-state index is 0.121. The molecule has 17 heavy (non-hydrogen) atoms. The van der Waals surface area contributed by atoms with Gasteiger partial charge in [0, 0.05) is 17.5 Å². The first-order chi connectivity index (χ1) is 8.03. The Morgan fingerprint density at radius 2 is 1.94 bits per heavy atom. The lowest BCUT2D eigenvalue weighted by Gasteiger charge is -2.33. The van der Waals surface area contributed by atoms with Gasteiger partial charge in [0.05, 0.1) is 7.11 Å². The average molecular weight is 235 g/mol. The van der Waals surface area contributed by atoms with Crippen LogP contribution in [-0.4, -0.2) is 20.7 Å². The van der Waals surface area contributed by atoms with E-state index in [-0.39, 0.29) is 5.41 Å². The maximum absolute atomic E-state index is 5.49. The van der Waals surface area contributed by atoms with Crippen LogP contribution in [0.25, 0.3) is 0 Å². The van der Waals surface area contributed by atoms with Gasteiger partial charge in [-0.15, -0.1) is 0 Å². The van der Waals surface area contributed by atoms with Crippen LogP contribution >= 0.6 is 0 Å². The van der Waals surface area contributed by atoms with E-state index in [0.717, 1.165) is 18.7 Å². The fourth-order valence-electron chi connectivity index (χ4n) is 2.71. The van der Waals surface area contributed by atoms with Gasteiger partial charge in [-0.1, -0.05) is 39.0 Å². The highest BCUT2D eigenvalue weighted by molar-refractivity contribution is 5.39. The van der Waals surface area contributed by atoms with Crippen molar-refractivity contribution in [2.75, 3.05) is 20.7 Å². The summed E-state index contributed by atoms with van der Waals surface area (Å²) in [6.45, 7) is 7.81. The molecule has 0 spiro atoms. The second kappa shape index (κ2) is 6.06. The standard InChI is InChI=1S/C15H25NO/c1-12(2)10-15(3,11-16-4)13-8-6-7-9-14(13)17-5/h6-9,12,16H,10-11H2,1-5H3. The summed E-state index contributed by atoms with van der Waals surface area (Å²) < 4.78 is 5.49. The van der Waals surface area contributed by atoms with Crippen LogP contribution in [-0.2, 0) is 5.41 Å². The Bertz CT molecular complexity index is 349. The van der Waals surface area contributed by atoms with Crippen molar-refractivity contribution in [2.45, 2.75) is 32.6 Å². The molecule has 1 aromatic rings. The molecule has 1 unspecified atom stereocenters. The Kier molecular flexibility index (Phi) is 5.01. The van der Waals surface area contributed by atoms with Crippen LogP contribution in [0.4, 0.5) is 0 Å². The first-order valence-corrected chi connectivity index (χ1v) is 6.31. The number of rotatable bonds is 6. The molecule has 0 aliphatic heterocycles. The molecule has 0 amide bonds. The van der Waals surface area contributed by atoms with Crippen molar-refractivity contribution < 1.29 is 4.74 Å². The number of hydrogen-bond acceptors (Lipinski definition) is 2. The van der Waals surface area contributed by atoms with Crippen LogP contribution in [0.15, 0.2) is 24.3 Å². The maximum atomic E-state index is 5.49. The lowest BCUT2D eigenvalue weighted by atomic mass is 9.75. The number of methoxy groups -OCH3 is 1. The predicted molar refractivity (Wildman–Crippen MR) is 73.7 cm³/mol. The number of likely N-dealkylation sites (N-methyl/N-ethyl adjacent to an activating group) is 1. The van der Waals surface area contributed by atoms with Gasteiger partial charge in [-0.2, -0.15) is 0 Å². The first-order valence-electron chi connectivity index (χ1n) is 6.31. The molecule has 0 saturated carbocycles. The molecule has 0 aromatic heterocycles. The quantitative estimate of drug-likeness (QED) is 0.817. The van der Waals surface area contributed by atoms with E-state index in [1.807, 2.05) is 19.2 Å². The van der Waals surface area contributed by atoms with Crippen molar-refractivity contribution in [3.63, 3.8) is 0 Å². The van der Waals surface area contributed by atoms with E-state index in [2.05, 4.69) is 38.2 Å². The van der Waals surface area contributed by atoms with Crippen molar-refractivity contribution in [3.05, 3.63) is 29.8 Å². The summed E-state index contributed by atoms with van der Waals surface area (Å²) in [5, 5.41) is 3.31. The fraction of sp³-hybridized carbons (Fsp3) is 0.600. The second-order valence-electron chi connectivity index (χ2n) is 5.39. The Labute approximate surface area is 105 Å². The van der Waals surface area contributed by atoms with Gasteiger partial charge in [0.2, 0.25) is 0 Å². The van der Waals surface area contributed by atoms with Crippen LogP contribution in [0.1, 0.15) is 32.8 Å². The number of nitrogens with one attached hydrogen (secondary N) is 1. The molecule has 0 saturated heterocycles. The van der Waals surface area contributed by atoms with Gasteiger partial charge >= 0.3 is 0 Å². The molecule has 1 atom stereocenters. The SMILES string of the molecule is CNCC(C)(CC(C)C)c1ccccc1OC. The number of hydrogen-bond donors (Lipinski definition) is 1. The molecule has 0 aliphatic rings. The van der Waals surface area contributed by atoms with Crippen LogP contribution in [0.2, 0.25) is 0 Å². The zero-order valence-electron chi connectivity index (χ0n) is 11.7. The van der Waals surface area contributed by atoms with Crippen molar-refractivity contribution in [2.24, 2.45) is 5.92 Å². The Morgan fingerprint density at radius 1 is 1.29 bits per heavy atom. The molecule has 1 aromatic carbocycles. The van der Waals surface area contributed by atoms with Gasteiger partial charge in [-0.05, 0) is 25.5 Å². The molecule has 2 nitrogen and oxygen atoms in total. The normalized spacial score (nSPS) is 14.7. The van der Waals surface area contributed by atoms with Crippen molar-refractivity contribution in [3.8, 4) is 5.75 Å². The van der Waals surface area contributed by atoms with E-state index in [4.69, 9.17) is 4.74 Å². The van der Waals surface area contributed by atoms with Crippen molar-refractivity contribution >= 4 is 0 Å².